The fourth-order valence-corrected chi connectivity index (χ4v) is 1.97. The third-order valence-corrected chi connectivity index (χ3v) is 2.81. The zero-order chi connectivity index (χ0) is 11.6. The molecule has 2 nitrogen and oxygen atoms in total. The number of rotatable bonds is 2. The van der Waals surface area contributed by atoms with E-state index in [1.807, 2.05) is 23.9 Å². The van der Waals surface area contributed by atoms with Crippen LogP contribution in [0.1, 0.15) is 12.5 Å². The number of aliphatic imine (C=N–C) groups is 1. The van der Waals surface area contributed by atoms with Crippen molar-refractivity contribution in [2.24, 2.45) is 4.99 Å². The van der Waals surface area contributed by atoms with Gasteiger partial charge in [0.2, 0.25) is 6.29 Å². The van der Waals surface area contributed by atoms with E-state index in [9.17, 15) is 4.79 Å². The van der Waals surface area contributed by atoms with Crippen molar-refractivity contribution < 1.29 is 4.79 Å². The van der Waals surface area contributed by atoms with E-state index >= 15 is 0 Å². The van der Waals surface area contributed by atoms with Gasteiger partial charge in [-0.3, -0.25) is 9.79 Å². The van der Waals surface area contributed by atoms with Crippen molar-refractivity contribution in [1.82, 2.24) is 0 Å². The molecule has 0 aromatic heterocycles. The fraction of sp³-hybridized carbons (Fsp3) is 0.231. The van der Waals surface area contributed by atoms with Crippen molar-refractivity contribution in [3.05, 3.63) is 48.0 Å². The Morgan fingerprint density at radius 1 is 1.50 bits per heavy atom. The van der Waals surface area contributed by atoms with Crippen LogP contribution in [0.4, 0.5) is 0 Å². The van der Waals surface area contributed by atoms with E-state index in [1.54, 1.807) is 19.3 Å². The van der Waals surface area contributed by atoms with E-state index in [-0.39, 0.29) is 0 Å². The number of hydrogen-bond donors (Lipinski definition) is 0. The highest BCUT2D eigenvalue weighted by Crippen LogP contribution is 2.18. The van der Waals surface area contributed by atoms with Gasteiger partial charge in [-0.15, -0.1) is 11.8 Å². The van der Waals surface area contributed by atoms with Crippen LogP contribution in [-0.2, 0) is 4.79 Å². The van der Waals surface area contributed by atoms with Gasteiger partial charge < -0.3 is 0 Å². The van der Waals surface area contributed by atoms with Crippen LogP contribution in [0.15, 0.2) is 41.4 Å². The van der Waals surface area contributed by atoms with Gasteiger partial charge in [0.05, 0.1) is 5.04 Å². The van der Waals surface area contributed by atoms with Crippen molar-refractivity contribution in [3.63, 3.8) is 0 Å². The SMILES string of the molecule is CC=C[C]=O.[c]1ccc(C2=NCCS2)cc1. The Hall–Kier alpha value is -1.35. The summed E-state index contributed by atoms with van der Waals surface area (Å²) in [7, 11) is 0. The second kappa shape index (κ2) is 7.88. The molecule has 0 saturated heterocycles. The van der Waals surface area contributed by atoms with Crippen LogP contribution in [0.25, 0.3) is 0 Å². The van der Waals surface area contributed by atoms with Crippen LogP contribution in [0.5, 0.6) is 0 Å². The summed E-state index contributed by atoms with van der Waals surface area (Å²) in [5.74, 6) is 1.13. The number of carbonyl (C=O) groups excluding carboxylic acids is 1. The molecule has 1 aromatic carbocycles. The molecular formula is C13H13NOS. The molecule has 82 valence electrons. The smallest absolute Gasteiger partial charge is 0.225 e. The van der Waals surface area contributed by atoms with Crippen LogP contribution in [0.2, 0.25) is 0 Å². The Kier molecular flexibility index (Phi) is 6.26. The molecule has 16 heavy (non-hydrogen) atoms. The second-order valence-electron chi connectivity index (χ2n) is 2.94. The highest BCUT2D eigenvalue weighted by molar-refractivity contribution is 8.14. The minimum absolute atomic E-state index is 0.971. The van der Waals surface area contributed by atoms with E-state index in [2.05, 4.69) is 23.2 Å². The largest absolute Gasteiger partial charge is 0.286 e. The molecule has 1 aromatic rings. The molecule has 0 N–H and O–H groups in total. The van der Waals surface area contributed by atoms with Gasteiger partial charge in [0.25, 0.3) is 0 Å². The first-order valence-electron chi connectivity index (χ1n) is 5.01. The average Bonchev–Trinajstić information content (AvgIpc) is 2.86. The fourth-order valence-electron chi connectivity index (χ4n) is 1.11. The number of allylic oxidation sites excluding steroid dienone is 2. The normalized spacial score (nSPS) is 14.2. The van der Waals surface area contributed by atoms with Gasteiger partial charge in [-0.1, -0.05) is 30.3 Å². The van der Waals surface area contributed by atoms with Crippen LogP contribution in [0, 0.1) is 6.07 Å². The average molecular weight is 231 g/mol. The van der Waals surface area contributed by atoms with Crippen molar-refractivity contribution >= 4 is 23.1 Å². The Labute approximate surface area is 100 Å². The zero-order valence-electron chi connectivity index (χ0n) is 9.14. The van der Waals surface area contributed by atoms with Crippen molar-refractivity contribution in [2.45, 2.75) is 6.92 Å². The topological polar surface area (TPSA) is 29.4 Å². The predicted octanol–water partition coefficient (Wildman–Crippen LogP) is 2.65. The molecule has 2 rings (SSSR count). The summed E-state index contributed by atoms with van der Waals surface area (Å²) in [6.45, 7) is 2.74. The van der Waals surface area contributed by atoms with Crippen LogP contribution in [-0.4, -0.2) is 23.6 Å². The molecule has 1 aliphatic heterocycles. The summed E-state index contributed by atoms with van der Waals surface area (Å²) >= 11 is 1.83. The first kappa shape index (κ1) is 12.7. The molecule has 3 heteroatoms. The summed E-state index contributed by atoms with van der Waals surface area (Å²) < 4.78 is 0. The Morgan fingerprint density at radius 3 is 2.69 bits per heavy atom. The third kappa shape index (κ3) is 4.45. The minimum Gasteiger partial charge on any atom is -0.286 e. The number of benzene rings is 1. The summed E-state index contributed by atoms with van der Waals surface area (Å²) in [5.41, 5.74) is 1.23. The molecule has 0 aliphatic carbocycles. The molecule has 2 radical (unpaired) electrons. The number of nitrogens with zero attached hydrogens (tertiary/aromatic N) is 1. The van der Waals surface area contributed by atoms with Gasteiger partial charge in [0.15, 0.2) is 0 Å². The molecule has 0 bridgehead atoms. The molecule has 0 amide bonds. The lowest BCUT2D eigenvalue weighted by Gasteiger charge is -1.96. The summed E-state index contributed by atoms with van der Waals surface area (Å²) in [6.07, 6.45) is 4.54. The van der Waals surface area contributed by atoms with E-state index in [0.29, 0.717) is 0 Å². The van der Waals surface area contributed by atoms with E-state index in [4.69, 9.17) is 0 Å². The first-order valence-corrected chi connectivity index (χ1v) is 5.99. The maximum atomic E-state index is 9.19. The van der Waals surface area contributed by atoms with Crippen LogP contribution < -0.4 is 0 Å². The molecule has 1 heterocycles. The lowest BCUT2D eigenvalue weighted by atomic mass is 10.2. The van der Waals surface area contributed by atoms with Crippen LogP contribution >= 0.6 is 11.8 Å². The lowest BCUT2D eigenvalue weighted by Crippen LogP contribution is -1.89. The van der Waals surface area contributed by atoms with Crippen molar-refractivity contribution in [3.8, 4) is 0 Å². The van der Waals surface area contributed by atoms with Gasteiger partial charge in [-0.25, -0.2) is 0 Å². The summed E-state index contributed by atoms with van der Waals surface area (Å²) in [6, 6.07) is 11.0. The Bertz CT molecular complexity index is 371. The minimum atomic E-state index is 0.971. The molecule has 0 atom stereocenters. The molecule has 0 fully saturated rings. The van der Waals surface area contributed by atoms with Gasteiger partial charge in [-0.05, 0) is 19.1 Å². The Morgan fingerprint density at radius 2 is 2.25 bits per heavy atom. The second-order valence-corrected chi connectivity index (χ2v) is 4.03. The molecule has 0 saturated carbocycles. The molecule has 0 spiro atoms. The van der Waals surface area contributed by atoms with Gasteiger partial charge in [0, 0.05) is 17.9 Å². The predicted molar refractivity (Wildman–Crippen MR) is 69.6 cm³/mol. The number of thioether (sulfide) groups is 1. The highest BCUT2D eigenvalue weighted by Gasteiger charge is 2.07. The van der Waals surface area contributed by atoms with Crippen molar-refractivity contribution in [2.75, 3.05) is 12.3 Å². The van der Waals surface area contributed by atoms with Crippen LogP contribution in [0.3, 0.4) is 0 Å². The van der Waals surface area contributed by atoms with Crippen molar-refractivity contribution in [1.29, 1.82) is 0 Å². The first-order chi connectivity index (χ1) is 7.88. The number of hydrogen-bond acceptors (Lipinski definition) is 3. The highest BCUT2D eigenvalue weighted by atomic mass is 32.2. The van der Waals surface area contributed by atoms with E-state index in [1.165, 1.54) is 16.7 Å². The Balaban J connectivity index is 0.000000221. The van der Waals surface area contributed by atoms with E-state index in [0.717, 1.165) is 12.3 Å². The maximum absolute atomic E-state index is 9.19. The standard InChI is InChI=1S/C9H8NS.C4H5O/c1-2-4-8(5-3-1)9-10-6-7-11-9;1-2-3-4-5/h2-5H,6-7H2;2-3H,1H3. The summed E-state index contributed by atoms with van der Waals surface area (Å²) in [5, 5.41) is 1.18. The molecule has 1 aliphatic rings. The lowest BCUT2D eigenvalue weighted by molar-refractivity contribution is 0.564. The monoisotopic (exact) mass is 231 g/mol. The zero-order valence-corrected chi connectivity index (χ0v) is 9.96. The van der Waals surface area contributed by atoms with Gasteiger partial charge >= 0.3 is 0 Å². The molecular weight excluding hydrogens is 218 g/mol. The maximum Gasteiger partial charge on any atom is 0.225 e. The molecule has 0 unspecified atom stereocenters. The van der Waals surface area contributed by atoms with E-state index < -0.39 is 0 Å². The third-order valence-electron chi connectivity index (χ3n) is 1.79. The quantitative estimate of drug-likeness (QED) is 0.732. The summed E-state index contributed by atoms with van der Waals surface area (Å²) in [4.78, 5) is 13.6. The van der Waals surface area contributed by atoms with Gasteiger partial charge in [0.1, 0.15) is 0 Å². The van der Waals surface area contributed by atoms with Gasteiger partial charge in [-0.2, -0.15) is 0 Å².